The molecule has 0 spiro atoms. The van der Waals surface area contributed by atoms with Crippen LogP contribution in [0.4, 0.5) is 46.5 Å². The average molecular weight is 2030 g/mol. The molecule has 808 valence electrons. The highest BCUT2D eigenvalue weighted by molar-refractivity contribution is 5.56. The third-order valence-electron chi connectivity index (χ3n) is 34.7. The van der Waals surface area contributed by atoms with Gasteiger partial charge < -0.3 is 101 Å². The van der Waals surface area contributed by atoms with Gasteiger partial charge in [-0.05, 0) is 245 Å². The van der Waals surface area contributed by atoms with Crippen LogP contribution in [0.15, 0.2) is 97.1 Å². The summed E-state index contributed by atoms with van der Waals surface area (Å²) in [7, 11) is 6.92. The Morgan fingerprint density at radius 2 is 0.318 bits per heavy atom. The molecule has 16 aliphatic rings. The lowest BCUT2D eigenvalue weighted by Gasteiger charge is -2.25. The summed E-state index contributed by atoms with van der Waals surface area (Å²) in [6, 6.07) is 39.4. The molecular formula is C120H184N24O4. The van der Waals surface area contributed by atoms with Gasteiger partial charge in [0, 0.05) is 299 Å². The number of rotatable bonds is 20. The highest BCUT2D eigenvalue weighted by Crippen LogP contribution is 2.43. The summed E-state index contributed by atoms with van der Waals surface area (Å²) < 4.78 is 21.7. The Kier molecular flexibility index (Phi) is 37.0. The number of aromatic nitrogens is 8. The van der Waals surface area contributed by atoms with Gasteiger partial charge in [-0.2, -0.15) is 0 Å². The Morgan fingerprint density at radius 3 is 0.446 bits per heavy atom. The molecule has 24 rings (SSSR count). The zero-order valence-corrected chi connectivity index (χ0v) is 94.5. The molecule has 16 aliphatic heterocycles. The number of methoxy groups -OCH3 is 4. The van der Waals surface area contributed by atoms with Gasteiger partial charge in [-0.3, -0.25) is 0 Å². The Balaban J connectivity index is 0.000000115. The van der Waals surface area contributed by atoms with E-state index in [1.807, 2.05) is 0 Å². The summed E-state index contributed by atoms with van der Waals surface area (Å²) >= 11 is 0. The quantitative estimate of drug-likeness (QED) is 0.0353. The number of nitrogens with one attached hydrogen (secondary N) is 8. The van der Waals surface area contributed by atoms with Crippen molar-refractivity contribution in [2.24, 2.45) is 47.3 Å². The molecule has 0 bridgehead atoms. The number of fused-ring (bicyclic) bond motifs is 8. The number of hydrogen-bond donors (Lipinski definition) is 8. The predicted molar refractivity (Wildman–Crippen MR) is 609 cm³/mol. The fourth-order valence-electron chi connectivity index (χ4n) is 25.8. The molecular weight excluding hydrogens is 1840 g/mol. The van der Waals surface area contributed by atoms with Gasteiger partial charge in [0.25, 0.3) is 0 Å². The molecule has 2 unspecified atom stereocenters. The first-order chi connectivity index (χ1) is 71.3. The van der Waals surface area contributed by atoms with Gasteiger partial charge in [-0.25, -0.2) is 39.9 Å². The van der Waals surface area contributed by atoms with Gasteiger partial charge >= 0.3 is 0 Å². The number of aryl methyl sites for hydroxylation is 4. The molecule has 24 heterocycles. The minimum Gasteiger partial charge on any atom is -0.497 e. The third kappa shape index (κ3) is 26.0. The maximum Gasteiger partial charge on any atom is 0.132 e. The van der Waals surface area contributed by atoms with Crippen molar-refractivity contribution in [1.82, 2.24) is 82.4 Å². The molecule has 0 aliphatic carbocycles. The van der Waals surface area contributed by atoms with Crippen molar-refractivity contribution in [1.29, 1.82) is 0 Å². The monoisotopic (exact) mass is 2030 g/mol. The van der Waals surface area contributed by atoms with Crippen molar-refractivity contribution in [2.75, 3.05) is 225 Å². The van der Waals surface area contributed by atoms with E-state index in [-0.39, 0.29) is 0 Å². The molecule has 0 amide bonds. The predicted octanol–water partition coefficient (Wildman–Crippen LogP) is 17.3. The largest absolute Gasteiger partial charge is 0.497 e. The molecule has 0 aromatic carbocycles. The van der Waals surface area contributed by atoms with E-state index in [0.29, 0.717) is 95.7 Å². The second-order valence-corrected chi connectivity index (χ2v) is 47.8. The van der Waals surface area contributed by atoms with Gasteiger partial charge in [0.15, 0.2) is 0 Å². The average Bonchev–Trinajstić information content (AvgIpc) is 1.61. The van der Waals surface area contributed by atoms with Crippen molar-refractivity contribution in [3.8, 4) is 23.0 Å². The summed E-state index contributed by atoms with van der Waals surface area (Å²) in [6.07, 6.45) is 10.3. The second kappa shape index (κ2) is 49.9. The zero-order valence-electron chi connectivity index (χ0n) is 94.5. The molecule has 0 radical (unpaired) electrons. The van der Waals surface area contributed by atoms with Crippen LogP contribution in [0.25, 0.3) is 0 Å². The van der Waals surface area contributed by atoms with E-state index in [1.165, 1.54) is 172 Å². The highest BCUT2D eigenvalue weighted by Gasteiger charge is 2.47. The fourth-order valence-corrected chi connectivity index (χ4v) is 25.8. The molecule has 16 fully saturated rings. The maximum absolute atomic E-state index is 5.43. The summed E-state index contributed by atoms with van der Waals surface area (Å²) in [5, 5.41) is 28.0. The molecule has 28 nitrogen and oxygen atoms in total. The number of ether oxygens (including phenoxy) is 4. The normalized spacial score (nSPS) is 26.5. The number of hydrogen-bond acceptors (Lipinski definition) is 28. The maximum atomic E-state index is 5.43. The van der Waals surface area contributed by atoms with Gasteiger partial charge in [-0.1, -0.05) is 111 Å². The topological polar surface area (TPSA) is 262 Å². The van der Waals surface area contributed by atoms with Crippen molar-refractivity contribution in [3.05, 3.63) is 165 Å². The van der Waals surface area contributed by atoms with Crippen molar-refractivity contribution in [3.63, 3.8) is 0 Å². The van der Waals surface area contributed by atoms with Crippen LogP contribution in [-0.4, -0.2) is 274 Å². The molecule has 0 saturated carbocycles. The molecule has 16 atom stereocenters. The van der Waals surface area contributed by atoms with Crippen LogP contribution in [0.3, 0.4) is 0 Å². The van der Waals surface area contributed by atoms with Gasteiger partial charge in [0.05, 0.1) is 28.4 Å². The van der Waals surface area contributed by atoms with Crippen LogP contribution in [-0.2, 0) is 0 Å². The Labute approximate surface area is 888 Å². The fraction of sp³-hybridized carbons (Fsp3) is 0.667. The minimum atomic E-state index is 0.425. The van der Waals surface area contributed by atoms with E-state index in [4.69, 9.17) is 58.8 Å². The lowest BCUT2D eigenvalue weighted by molar-refractivity contribution is 0.413. The van der Waals surface area contributed by atoms with E-state index >= 15 is 0 Å². The Bertz CT molecular complexity index is 4960. The van der Waals surface area contributed by atoms with Crippen LogP contribution in [0, 0.1) is 75.0 Å². The van der Waals surface area contributed by atoms with Crippen LogP contribution < -0.4 is 101 Å². The molecule has 8 aromatic rings. The second-order valence-electron chi connectivity index (χ2n) is 47.8. The first-order valence-corrected chi connectivity index (χ1v) is 57.3. The standard InChI is InChI=1S/4C15H23N3O.4C15H23N3/c4*1-10(2)13-6-12(19-3)7-15(17-13)18-5-4-11-8-16-9-14(11)18;4*1-10(2)13-6-11(3)7-15(17-13)18-5-4-12-8-16-9-14(12)18/h4*6-7,10-11,14,16H,4-5,8-9H2,1-3H3;4*6-7,10,12,14,16H,4-5,8-9H2,1-3H3/t2*11-,14+;2*11-,14-;2*12-,14+;12-,14-;/m1010100./s1. The number of nitrogens with zero attached hydrogens (tertiary/aromatic N) is 16. The van der Waals surface area contributed by atoms with E-state index in [0.717, 1.165) is 221 Å². The van der Waals surface area contributed by atoms with E-state index in [9.17, 15) is 0 Å². The summed E-state index contributed by atoms with van der Waals surface area (Å²) in [6.45, 7) is 71.2. The van der Waals surface area contributed by atoms with Crippen molar-refractivity contribution >= 4 is 46.5 Å². The minimum absolute atomic E-state index is 0.425. The first kappa shape index (κ1) is 110. The van der Waals surface area contributed by atoms with Crippen molar-refractivity contribution < 1.29 is 18.9 Å². The van der Waals surface area contributed by atoms with E-state index in [2.05, 4.69) is 317 Å². The molecule has 8 N–H and O–H groups in total. The molecule has 16 saturated heterocycles. The van der Waals surface area contributed by atoms with Crippen LogP contribution in [0.1, 0.15) is 277 Å². The first-order valence-electron chi connectivity index (χ1n) is 57.3. The van der Waals surface area contributed by atoms with E-state index < -0.39 is 0 Å². The summed E-state index contributed by atoms with van der Waals surface area (Å²) in [4.78, 5) is 58.8. The molecule has 8 aromatic heterocycles. The Morgan fingerprint density at radius 1 is 0.189 bits per heavy atom. The smallest absolute Gasteiger partial charge is 0.132 e. The van der Waals surface area contributed by atoms with Crippen LogP contribution in [0.5, 0.6) is 23.0 Å². The van der Waals surface area contributed by atoms with Gasteiger partial charge in [0.2, 0.25) is 0 Å². The highest BCUT2D eigenvalue weighted by atomic mass is 16.5. The lowest BCUT2D eigenvalue weighted by atomic mass is 10.0. The number of anilines is 8. The lowest BCUT2D eigenvalue weighted by Crippen LogP contribution is -2.34. The summed E-state index contributed by atoms with van der Waals surface area (Å²) in [5.41, 5.74) is 14.7. The number of pyridine rings is 8. The van der Waals surface area contributed by atoms with Gasteiger partial charge in [-0.15, -0.1) is 0 Å². The molecule has 28 heteroatoms. The summed E-state index contributed by atoms with van der Waals surface area (Å²) in [5.74, 6) is 22.9. The molecule has 148 heavy (non-hydrogen) atoms. The van der Waals surface area contributed by atoms with Crippen LogP contribution in [0.2, 0.25) is 0 Å². The zero-order chi connectivity index (χ0) is 104. The SMILES string of the molecule is COc1cc(C(C)C)nc(N2CC[C@@H]3CNC[C@@H]32)c1.COc1cc(C(C)C)nc(N2CC[C@@H]3CNC[C@H]32)c1.COc1cc(C(C)C)nc(N2CC[C@H]3CNC[C@@H]32)c1.COc1cc(C(C)C)nc(N2CC[C@H]3CNC[C@H]32)c1.Cc1cc(C(C)C)nc(N2CCC3CNCC32)c1.Cc1cc(C(C)C)nc(N2CC[C@@H]3CNC[C@@H]32)c1.Cc1cc(C(C)C)nc(N2CC[C@H]3CNC[C@@H]32)c1.Cc1cc(C(C)C)nc(N2CC[C@H]3CNC[C@H]32)c1. The third-order valence-corrected chi connectivity index (χ3v) is 34.7. The van der Waals surface area contributed by atoms with Crippen molar-refractivity contribution in [2.45, 2.75) is 286 Å². The Hall–Kier alpha value is -9.52. The van der Waals surface area contributed by atoms with Gasteiger partial charge in [0.1, 0.15) is 69.5 Å². The van der Waals surface area contributed by atoms with E-state index in [1.54, 1.807) is 28.4 Å². The van der Waals surface area contributed by atoms with Crippen LogP contribution >= 0.6 is 0 Å².